The van der Waals surface area contributed by atoms with Crippen LogP contribution in [0.3, 0.4) is 0 Å². The minimum atomic E-state index is -0.429. The van der Waals surface area contributed by atoms with E-state index in [1.807, 2.05) is 0 Å². The summed E-state index contributed by atoms with van der Waals surface area (Å²) in [4.78, 5) is 7.60. The van der Waals surface area contributed by atoms with Crippen molar-refractivity contribution in [2.45, 2.75) is 0 Å². The van der Waals surface area contributed by atoms with Crippen LogP contribution in [0.1, 0.15) is 0 Å². The maximum atomic E-state index is 7.60. The molecule has 0 heterocycles. The van der Waals surface area contributed by atoms with Crippen LogP contribution in [0.25, 0.3) is 0 Å². The predicted octanol–water partition coefficient (Wildman–Crippen LogP) is -0.901. The van der Waals surface area contributed by atoms with Gasteiger partial charge in [0.05, 0.1) is 0 Å². The van der Waals surface area contributed by atoms with Crippen molar-refractivity contribution in [3.63, 3.8) is 0 Å². The fourth-order valence-corrected chi connectivity index (χ4v) is 0. The van der Waals surface area contributed by atoms with Crippen molar-refractivity contribution >= 4 is 15.9 Å². The van der Waals surface area contributed by atoms with Crippen molar-refractivity contribution < 1.29 is 9.92 Å². The lowest BCUT2D eigenvalue weighted by atomic mass is 10.6. The molecule has 1 radical (unpaired) electrons. The van der Waals surface area contributed by atoms with Gasteiger partial charge < -0.3 is 9.92 Å². The summed E-state index contributed by atoms with van der Waals surface area (Å²) in [5.74, 6) is 0. The summed E-state index contributed by atoms with van der Waals surface area (Å²) >= 11 is 0. The van der Waals surface area contributed by atoms with Gasteiger partial charge in [-0.1, -0.05) is 0 Å². The molecule has 0 aromatic heterocycles. The van der Waals surface area contributed by atoms with E-state index < -0.39 is 8.69 Å². The fourth-order valence-electron chi connectivity index (χ4n) is 0. The van der Waals surface area contributed by atoms with Crippen LogP contribution in [0.4, 0.5) is 0 Å². The zero-order valence-corrected chi connectivity index (χ0v) is 2.97. The molecule has 0 bridgehead atoms. The summed E-state index contributed by atoms with van der Waals surface area (Å²) < 4.78 is 0. The Hall–Kier alpha value is 0.415. The van der Waals surface area contributed by atoms with Crippen molar-refractivity contribution in [2.75, 3.05) is 0 Å². The normalized spacial score (nSPS) is 9.50. The topological polar surface area (TPSA) is 40.5 Å². The maximum Gasteiger partial charge on any atom is 0.349 e. The van der Waals surface area contributed by atoms with Crippen LogP contribution in [0, 0.1) is 0 Å². The van der Waals surface area contributed by atoms with Crippen molar-refractivity contribution in [3.8, 4) is 0 Å². The standard InChI is InChI=1S/BH3O2P/c2-1-4-3/h2-4H. The van der Waals surface area contributed by atoms with E-state index in [-0.39, 0.29) is 0 Å². The zero-order valence-electron chi connectivity index (χ0n) is 1.97. The van der Waals surface area contributed by atoms with Gasteiger partial charge in [-0.3, -0.25) is 0 Å². The largest absolute Gasteiger partial charge is 0.448 e. The third kappa shape index (κ3) is 2.41. The van der Waals surface area contributed by atoms with E-state index in [4.69, 9.17) is 9.92 Å². The van der Waals surface area contributed by atoms with Crippen LogP contribution >= 0.6 is 8.69 Å². The Kier molecular flexibility index (Phi) is 3.77. The van der Waals surface area contributed by atoms with Crippen molar-refractivity contribution in [1.29, 1.82) is 0 Å². The first-order valence-electron chi connectivity index (χ1n) is 0.770. The molecule has 0 aromatic rings. The summed E-state index contributed by atoms with van der Waals surface area (Å²) in [6.45, 7) is 0. The summed E-state index contributed by atoms with van der Waals surface area (Å²) in [6.07, 6.45) is 0. The molecule has 1 atom stereocenters. The number of hydrogen-bond acceptors (Lipinski definition) is 2. The van der Waals surface area contributed by atoms with Crippen LogP contribution in [0.2, 0.25) is 0 Å². The Bertz CT molecular complexity index is 8.00. The highest BCUT2D eigenvalue weighted by Crippen LogP contribution is 1.88. The highest BCUT2D eigenvalue weighted by molar-refractivity contribution is 7.64. The lowest BCUT2D eigenvalue weighted by Crippen LogP contribution is -1.66. The van der Waals surface area contributed by atoms with Crippen molar-refractivity contribution in [1.82, 2.24) is 0 Å². The predicted molar refractivity (Wildman–Crippen MR) is 18.5 cm³/mol. The maximum absolute atomic E-state index is 7.60. The second-order valence-corrected chi connectivity index (χ2v) is 0.775. The molecule has 0 spiro atoms. The lowest BCUT2D eigenvalue weighted by Gasteiger charge is -1.65. The fraction of sp³-hybridized carbons (Fsp3) is 0. The molecular weight excluding hydrogens is 73.8 g/mol. The second kappa shape index (κ2) is 3.41. The van der Waals surface area contributed by atoms with E-state index in [1.54, 1.807) is 0 Å². The van der Waals surface area contributed by atoms with Gasteiger partial charge in [-0.15, -0.1) is 0 Å². The first kappa shape index (κ1) is 4.41. The van der Waals surface area contributed by atoms with Gasteiger partial charge in [0, 0.05) is 8.69 Å². The number of rotatable bonds is 1. The molecule has 23 valence electrons. The molecule has 0 saturated carbocycles. The average Bonchev–Trinajstić information content (AvgIpc) is 1.37. The molecular formula is H3BO2P. The number of hydrogen-bond donors (Lipinski definition) is 2. The van der Waals surface area contributed by atoms with Crippen LogP contribution in [-0.2, 0) is 0 Å². The van der Waals surface area contributed by atoms with E-state index >= 15 is 0 Å². The molecule has 1 unspecified atom stereocenters. The minimum Gasteiger partial charge on any atom is -0.448 e. The van der Waals surface area contributed by atoms with Gasteiger partial charge in [-0.2, -0.15) is 0 Å². The third-order valence-electron chi connectivity index (χ3n) is 0.0577. The molecule has 4 heteroatoms. The second-order valence-electron chi connectivity index (χ2n) is 0.258. The summed E-state index contributed by atoms with van der Waals surface area (Å²) in [7, 11) is 0.279. The quantitative estimate of drug-likeness (QED) is 0.314. The van der Waals surface area contributed by atoms with Gasteiger partial charge in [-0.25, -0.2) is 0 Å². The Morgan fingerprint density at radius 2 is 2.00 bits per heavy atom. The summed E-state index contributed by atoms with van der Waals surface area (Å²) in [5.41, 5.74) is 0. The summed E-state index contributed by atoms with van der Waals surface area (Å²) in [6, 6.07) is 0. The minimum absolute atomic E-state index is 0.429. The highest BCUT2D eigenvalue weighted by atomic mass is 31.1. The van der Waals surface area contributed by atoms with Crippen LogP contribution in [-0.4, -0.2) is 17.1 Å². The lowest BCUT2D eigenvalue weighted by molar-refractivity contribution is 0.605. The molecule has 0 aromatic carbocycles. The first-order valence-corrected chi connectivity index (χ1v) is 1.80. The average molecular weight is 76.8 g/mol. The molecule has 0 saturated heterocycles. The van der Waals surface area contributed by atoms with Gasteiger partial charge >= 0.3 is 7.20 Å². The molecule has 4 heavy (non-hydrogen) atoms. The first-order chi connectivity index (χ1) is 1.91. The molecule has 0 aliphatic carbocycles. The van der Waals surface area contributed by atoms with Gasteiger partial charge in [0.2, 0.25) is 0 Å². The molecule has 0 aliphatic rings. The third-order valence-corrected chi connectivity index (χ3v) is 0.173. The Morgan fingerprint density at radius 1 is 1.75 bits per heavy atom. The van der Waals surface area contributed by atoms with Gasteiger partial charge in [-0.05, 0) is 0 Å². The van der Waals surface area contributed by atoms with Gasteiger partial charge in [0.15, 0.2) is 0 Å². The van der Waals surface area contributed by atoms with E-state index in [0.717, 1.165) is 0 Å². The molecule has 0 aliphatic heterocycles. The van der Waals surface area contributed by atoms with Gasteiger partial charge in [0.1, 0.15) is 0 Å². The molecule has 0 fully saturated rings. The van der Waals surface area contributed by atoms with Crippen molar-refractivity contribution in [3.05, 3.63) is 0 Å². The van der Waals surface area contributed by atoms with E-state index in [2.05, 4.69) is 0 Å². The zero-order chi connectivity index (χ0) is 3.41. The molecule has 2 N–H and O–H groups in total. The molecule has 0 amide bonds. The van der Waals surface area contributed by atoms with E-state index in [9.17, 15) is 0 Å². The Labute approximate surface area is 26.9 Å². The Morgan fingerprint density at radius 3 is 2.00 bits per heavy atom. The van der Waals surface area contributed by atoms with E-state index in [1.165, 1.54) is 0 Å². The van der Waals surface area contributed by atoms with E-state index in [0.29, 0.717) is 7.20 Å². The van der Waals surface area contributed by atoms with Crippen LogP contribution in [0.15, 0.2) is 0 Å². The monoisotopic (exact) mass is 77.0 g/mol. The molecule has 0 rings (SSSR count). The van der Waals surface area contributed by atoms with Crippen molar-refractivity contribution in [2.24, 2.45) is 0 Å². The van der Waals surface area contributed by atoms with Crippen LogP contribution < -0.4 is 0 Å². The Balaban J connectivity index is 1.97. The van der Waals surface area contributed by atoms with Crippen LogP contribution in [0.5, 0.6) is 0 Å². The van der Waals surface area contributed by atoms with Gasteiger partial charge in [0.25, 0.3) is 0 Å². The summed E-state index contributed by atoms with van der Waals surface area (Å²) in [5, 5.41) is 7.51. The SMILES string of the molecule is O[B]PO. The molecule has 2 nitrogen and oxygen atoms in total. The highest BCUT2D eigenvalue weighted by Gasteiger charge is 1.67. The smallest absolute Gasteiger partial charge is 0.349 e.